The molecule has 1 aromatic heterocycles. The molecule has 0 fully saturated rings. The Labute approximate surface area is 189 Å². The zero-order valence-electron chi connectivity index (χ0n) is 17.5. The van der Waals surface area contributed by atoms with E-state index in [-0.39, 0.29) is 17.1 Å². The molecular formula is C24H20F2N2O4S. The van der Waals surface area contributed by atoms with Crippen LogP contribution in [0.25, 0.3) is 22.2 Å². The van der Waals surface area contributed by atoms with Gasteiger partial charge < -0.3 is 14.4 Å². The maximum atomic E-state index is 13.0. The molecule has 9 heteroatoms. The maximum absolute atomic E-state index is 13.0. The zero-order chi connectivity index (χ0) is 23.3. The van der Waals surface area contributed by atoms with Crippen molar-refractivity contribution in [3.63, 3.8) is 0 Å². The van der Waals surface area contributed by atoms with Gasteiger partial charge in [0.15, 0.2) is 9.84 Å². The van der Waals surface area contributed by atoms with Crippen molar-refractivity contribution in [3.8, 4) is 16.9 Å². The zero-order valence-corrected chi connectivity index (χ0v) is 18.3. The van der Waals surface area contributed by atoms with E-state index in [1.807, 2.05) is 22.8 Å². The second kappa shape index (κ2) is 7.93. The second-order valence-electron chi connectivity index (χ2n) is 8.02. The first-order valence-electron chi connectivity index (χ1n) is 10.3. The summed E-state index contributed by atoms with van der Waals surface area (Å²) in [4.78, 5) is 4.80. The highest BCUT2D eigenvalue weighted by Gasteiger charge is 2.35. The first-order chi connectivity index (χ1) is 15.7. The Morgan fingerprint density at radius 2 is 1.76 bits per heavy atom. The van der Waals surface area contributed by atoms with E-state index >= 15 is 0 Å². The third-order valence-electron chi connectivity index (χ3n) is 5.88. The molecule has 0 saturated carbocycles. The van der Waals surface area contributed by atoms with Gasteiger partial charge in [0.05, 0.1) is 22.0 Å². The molecule has 6 nitrogen and oxygen atoms in total. The lowest BCUT2D eigenvalue weighted by atomic mass is 10.0. The minimum atomic E-state index is -3.30. The number of aromatic nitrogens is 2. The highest BCUT2D eigenvalue weighted by atomic mass is 32.2. The molecular weight excluding hydrogens is 450 g/mol. The first kappa shape index (κ1) is 21.5. The van der Waals surface area contributed by atoms with Crippen molar-refractivity contribution in [3.05, 3.63) is 78.1 Å². The van der Waals surface area contributed by atoms with E-state index in [1.165, 1.54) is 6.07 Å². The standard InChI is InChI=1S/C24H20F2N2O4S/c1-33(30,31)16-9-6-14(7-10-16)15-8-11-18-20(12-15)28-19(13-21(29)23(28)27-18)17-4-2-3-5-22(17)32-24(25)26/h2-12,19,21,24,29H,13H2,1H3/t19-,21-/m1/s1. The summed E-state index contributed by atoms with van der Waals surface area (Å²) >= 11 is 0. The monoisotopic (exact) mass is 470 g/mol. The molecule has 0 amide bonds. The number of para-hydroxylation sites is 1. The van der Waals surface area contributed by atoms with Crippen molar-refractivity contribution in [1.82, 2.24) is 9.55 Å². The van der Waals surface area contributed by atoms with E-state index in [4.69, 9.17) is 4.74 Å². The normalized spacial score (nSPS) is 18.1. The number of nitrogens with zero attached hydrogens (tertiary/aromatic N) is 2. The molecule has 3 aromatic carbocycles. The van der Waals surface area contributed by atoms with Gasteiger partial charge in [0.2, 0.25) is 0 Å². The van der Waals surface area contributed by atoms with E-state index in [2.05, 4.69) is 4.98 Å². The molecule has 33 heavy (non-hydrogen) atoms. The predicted molar refractivity (Wildman–Crippen MR) is 119 cm³/mol. The van der Waals surface area contributed by atoms with Crippen LogP contribution < -0.4 is 4.74 Å². The Morgan fingerprint density at radius 3 is 2.45 bits per heavy atom. The fraction of sp³-hybridized carbons (Fsp3) is 0.208. The van der Waals surface area contributed by atoms with Crippen molar-refractivity contribution in [1.29, 1.82) is 0 Å². The van der Waals surface area contributed by atoms with E-state index in [0.717, 1.165) is 22.9 Å². The van der Waals surface area contributed by atoms with E-state index in [9.17, 15) is 22.3 Å². The number of rotatable bonds is 5. The van der Waals surface area contributed by atoms with Crippen LogP contribution in [-0.4, -0.2) is 35.9 Å². The molecule has 0 spiro atoms. The summed E-state index contributed by atoms with van der Waals surface area (Å²) in [6.07, 6.45) is 0.597. The van der Waals surface area contributed by atoms with Crippen LogP contribution in [0.2, 0.25) is 0 Å². The van der Waals surface area contributed by atoms with Gasteiger partial charge in [-0.15, -0.1) is 0 Å². The van der Waals surface area contributed by atoms with Gasteiger partial charge in [-0.3, -0.25) is 0 Å². The van der Waals surface area contributed by atoms with Crippen LogP contribution in [0.5, 0.6) is 5.75 Å². The predicted octanol–water partition coefficient (Wildman–Crippen LogP) is 4.73. The fourth-order valence-corrected chi connectivity index (χ4v) is 5.03. The van der Waals surface area contributed by atoms with E-state index in [0.29, 0.717) is 16.9 Å². The third-order valence-corrected chi connectivity index (χ3v) is 7.01. The van der Waals surface area contributed by atoms with Gasteiger partial charge in [-0.2, -0.15) is 8.78 Å². The summed E-state index contributed by atoms with van der Waals surface area (Å²) in [7, 11) is -3.30. The van der Waals surface area contributed by atoms with Crippen LogP contribution in [0.3, 0.4) is 0 Å². The molecule has 0 bridgehead atoms. The topological polar surface area (TPSA) is 81.4 Å². The smallest absolute Gasteiger partial charge is 0.387 e. The van der Waals surface area contributed by atoms with Crippen molar-refractivity contribution < 1.29 is 27.0 Å². The molecule has 1 aliphatic rings. The molecule has 2 atom stereocenters. The summed E-state index contributed by atoms with van der Waals surface area (Å²) in [6.45, 7) is -2.96. The lowest BCUT2D eigenvalue weighted by molar-refractivity contribution is -0.0507. The molecule has 1 N–H and O–H groups in total. The number of fused-ring (bicyclic) bond motifs is 3. The number of aliphatic hydroxyl groups excluding tert-OH is 1. The number of imidazole rings is 1. The van der Waals surface area contributed by atoms with Crippen LogP contribution in [-0.2, 0) is 9.84 Å². The number of aliphatic hydroxyl groups is 1. The Bertz CT molecular complexity index is 1450. The largest absolute Gasteiger partial charge is 0.434 e. The third kappa shape index (κ3) is 3.87. The summed E-state index contributed by atoms with van der Waals surface area (Å²) in [5, 5.41) is 10.7. The van der Waals surface area contributed by atoms with Crippen LogP contribution in [0.1, 0.15) is 30.0 Å². The Hall–Kier alpha value is -3.30. The van der Waals surface area contributed by atoms with Crippen molar-refractivity contribution in [2.75, 3.05) is 6.26 Å². The molecule has 1 aliphatic heterocycles. The second-order valence-corrected chi connectivity index (χ2v) is 10.0. The Kier molecular flexibility index (Phi) is 5.18. The van der Waals surface area contributed by atoms with Gasteiger partial charge in [-0.25, -0.2) is 13.4 Å². The van der Waals surface area contributed by atoms with Crippen LogP contribution >= 0.6 is 0 Å². The minimum absolute atomic E-state index is 0.0620. The number of hydrogen-bond donors (Lipinski definition) is 1. The van der Waals surface area contributed by atoms with Crippen molar-refractivity contribution in [2.45, 2.75) is 30.1 Å². The first-order valence-corrected chi connectivity index (χ1v) is 12.2. The SMILES string of the molecule is CS(=O)(=O)c1ccc(-c2ccc3nc4n(c3c2)[C@@H](c2ccccc2OC(F)F)C[C@H]4O)cc1. The molecule has 0 aliphatic carbocycles. The van der Waals surface area contributed by atoms with Gasteiger partial charge in [0, 0.05) is 18.2 Å². The molecule has 4 aromatic rings. The van der Waals surface area contributed by atoms with E-state index in [1.54, 1.807) is 42.5 Å². The van der Waals surface area contributed by atoms with Gasteiger partial charge in [0.25, 0.3) is 0 Å². The van der Waals surface area contributed by atoms with Crippen LogP contribution in [0.4, 0.5) is 8.78 Å². The number of hydrogen-bond acceptors (Lipinski definition) is 5. The van der Waals surface area contributed by atoms with E-state index < -0.39 is 28.6 Å². The average molecular weight is 470 g/mol. The Morgan fingerprint density at radius 1 is 1.06 bits per heavy atom. The van der Waals surface area contributed by atoms with Gasteiger partial charge in [0.1, 0.15) is 17.7 Å². The maximum Gasteiger partial charge on any atom is 0.387 e. The summed E-state index contributed by atoms with van der Waals surface area (Å²) in [5.41, 5.74) is 3.59. The van der Waals surface area contributed by atoms with Gasteiger partial charge in [-0.05, 0) is 41.5 Å². The molecule has 0 saturated heterocycles. The minimum Gasteiger partial charge on any atom is -0.434 e. The number of alkyl halides is 2. The summed E-state index contributed by atoms with van der Waals surface area (Å²) in [5.74, 6) is 0.526. The highest BCUT2D eigenvalue weighted by molar-refractivity contribution is 7.90. The molecule has 0 radical (unpaired) electrons. The van der Waals surface area contributed by atoms with Gasteiger partial charge in [-0.1, -0.05) is 36.4 Å². The average Bonchev–Trinajstić information content (AvgIpc) is 3.30. The summed E-state index contributed by atoms with van der Waals surface area (Å²) < 4.78 is 56.0. The van der Waals surface area contributed by atoms with Crippen LogP contribution in [0.15, 0.2) is 71.6 Å². The molecule has 0 unspecified atom stereocenters. The van der Waals surface area contributed by atoms with Crippen LogP contribution in [0, 0.1) is 0 Å². The van der Waals surface area contributed by atoms with Crippen molar-refractivity contribution in [2.24, 2.45) is 0 Å². The number of ether oxygens (including phenoxy) is 1. The van der Waals surface area contributed by atoms with Gasteiger partial charge >= 0.3 is 6.61 Å². The molecule has 170 valence electrons. The number of halogens is 2. The molecule has 5 rings (SSSR count). The number of benzene rings is 3. The fourth-order valence-electron chi connectivity index (χ4n) is 4.40. The lowest BCUT2D eigenvalue weighted by Gasteiger charge is -2.19. The lowest BCUT2D eigenvalue weighted by Crippen LogP contribution is -2.10. The Balaban J connectivity index is 1.62. The van der Waals surface area contributed by atoms with Crippen molar-refractivity contribution >= 4 is 20.9 Å². The quantitative estimate of drug-likeness (QED) is 0.456. The molecule has 2 heterocycles. The number of sulfone groups is 1. The summed E-state index contributed by atoms with van der Waals surface area (Å²) in [6, 6.07) is 18.3. The highest BCUT2D eigenvalue weighted by Crippen LogP contribution is 2.44.